The Morgan fingerprint density at radius 1 is 1.39 bits per heavy atom. The second-order valence-corrected chi connectivity index (χ2v) is 3.86. The summed E-state index contributed by atoms with van der Waals surface area (Å²) in [5.74, 6) is 0.737. The first kappa shape index (κ1) is 12.2. The Labute approximate surface area is 106 Å². The van der Waals surface area contributed by atoms with Gasteiger partial charge in [-0.15, -0.1) is 0 Å². The molecule has 0 radical (unpaired) electrons. The van der Waals surface area contributed by atoms with Gasteiger partial charge >= 0.3 is 6.03 Å². The highest BCUT2D eigenvalue weighted by Crippen LogP contribution is 2.24. The van der Waals surface area contributed by atoms with Crippen LogP contribution in [0.1, 0.15) is 13.3 Å². The van der Waals surface area contributed by atoms with Crippen molar-refractivity contribution in [2.75, 3.05) is 11.9 Å². The molecular formula is C13H16N4O. The smallest absolute Gasteiger partial charge is 0.319 e. The molecule has 94 valence electrons. The highest BCUT2D eigenvalue weighted by atomic mass is 16.2. The van der Waals surface area contributed by atoms with E-state index in [0.717, 1.165) is 23.5 Å². The van der Waals surface area contributed by atoms with Crippen molar-refractivity contribution in [2.24, 2.45) is 0 Å². The summed E-state index contributed by atoms with van der Waals surface area (Å²) >= 11 is 0. The van der Waals surface area contributed by atoms with Gasteiger partial charge in [0.1, 0.15) is 5.82 Å². The van der Waals surface area contributed by atoms with Gasteiger partial charge in [0.05, 0.1) is 5.69 Å². The van der Waals surface area contributed by atoms with Gasteiger partial charge in [0, 0.05) is 24.5 Å². The average molecular weight is 244 g/mol. The maximum Gasteiger partial charge on any atom is 0.319 e. The van der Waals surface area contributed by atoms with Crippen molar-refractivity contribution in [3.63, 3.8) is 0 Å². The largest absolute Gasteiger partial charge is 0.345 e. The summed E-state index contributed by atoms with van der Waals surface area (Å²) in [7, 11) is 0. The van der Waals surface area contributed by atoms with Gasteiger partial charge in [-0.3, -0.25) is 0 Å². The lowest BCUT2D eigenvalue weighted by Crippen LogP contribution is -2.29. The zero-order valence-electron chi connectivity index (χ0n) is 10.2. The summed E-state index contributed by atoms with van der Waals surface area (Å²) in [6.45, 7) is 2.67. The number of carbonyl (C=O) groups excluding carboxylic acids is 1. The maximum atomic E-state index is 11.6. The summed E-state index contributed by atoms with van der Waals surface area (Å²) in [6, 6.07) is 7.35. The van der Waals surface area contributed by atoms with Crippen molar-refractivity contribution in [1.82, 2.24) is 15.3 Å². The van der Waals surface area contributed by atoms with Crippen LogP contribution in [-0.4, -0.2) is 22.5 Å². The van der Waals surface area contributed by atoms with Gasteiger partial charge in [0.15, 0.2) is 0 Å². The molecule has 0 fully saturated rings. The molecule has 2 amide bonds. The van der Waals surface area contributed by atoms with Gasteiger partial charge in [-0.2, -0.15) is 0 Å². The van der Waals surface area contributed by atoms with E-state index in [0.29, 0.717) is 6.54 Å². The topological polar surface area (TPSA) is 69.8 Å². The number of benzene rings is 1. The molecule has 0 saturated carbocycles. The monoisotopic (exact) mass is 244 g/mol. The van der Waals surface area contributed by atoms with E-state index >= 15 is 0 Å². The van der Waals surface area contributed by atoms with E-state index in [1.807, 2.05) is 31.2 Å². The molecule has 0 saturated heterocycles. The number of aromatic nitrogens is 2. The predicted octanol–water partition coefficient (Wildman–Crippen LogP) is 2.61. The summed E-state index contributed by atoms with van der Waals surface area (Å²) in [6.07, 6.45) is 4.35. The quantitative estimate of drug-likeness (QED) is 0.773. The fourth-order valence-electron chi connectivity index (χ4n) is 1.62. The standard InChI is InChI=1S/C13H16N4O/c1-2-7-16-13(18)17-11-6-4-3-5-10(11)12-14-8-9-15-12/h3-6,8-9H,2,7H2,1H3,(H,14,15)(H2,16,17,18). The maximum absolute atomic E-state index is 11.6. The van der Waals surface area contributed by atoms with Crippen LogP contribution in [-0.2, 0) is 0 Å². The zero-order valence-corrected chi connectivity index (χ0v) is 10.2. The van der Waals surface area contributed by atoms with Gasteiger partial charge < -0.3 is 15.6 Å². The van der Waals surface area contributed by atoms with Crippen molar-refractivity contribution in [3.05, 3.63) is 36.7 Å². The molecule has 1 aromatic heterocycles. The lowest BCUT2D eigenvalue weighted by atomic mass is 10.1. The summed E-state index contributed by atoms with van der Waals surface area (Å²) in [4.78, 5) is 18.9. The van der Waals surface area contributed by atoms with Gasteiger partial charge in [0.2, 0.25) is 0 Å². The fraction of sp³-hybridized carbons (Fsp3) is 0.231. The molecule has 1 heterocycles. The summed E-state index contributed by atoms with van der Waals surface area (Å²) in [5, 5.41) is 5.60. The molecule has 5 nitrogen and oxygen atoms in total. The van der Waals surface area contributed by atoms with Crippen LogP contribution < -0.4 is 10.6 Å². The molecule has 0 bridgehead atoms. The van der Waals surface area contributed by atoms with Crippen LogP contribution in [0.5, 0.6) is 0 Å². The molecule has 0 aliphatic heterocycles. The van der Waals surface area contributed by atoms with E-state index in [1.165, 1.54) is 0 Å². The van der Waals surface area contributed by atoms with E-state index in [1.54, 1.807) is 12.4 Å². The number of para-hydroxylation sites is 1. The summed E-state index contributed by atoms with van der Waals surface area (Å²) in [5.41, 5.74) is 1.61. The Balaban J connectivity index is 2.16. The van der Waals surface area contributed by atoms with E-state index in [-0.39, 0.29) is 6.03 Å². The number of urea groups is 1. The fourth-order valence-corrected chi connectivity index (χ4v) is 1.62. The minimum Gasteiger partial charge on any atom is -0.345 e. The molecule has 0 atom stereocenters. The lowest BCUT2D eigenvalue weighted by Gasteiger charge is -2.10. The summed E-state index contributed by atoms with van der Waals surface area (Å²) < 4.78 is 0. The number of hydrogen-bond donors (Lipinski definition) is 3. The minimum atomic E-state index is -0.198. The van der Waals surface area contributed by atoms with Crippen LogP contribution in [0.2, 0.25) is 0 Å². The number of aromatic amines is 1. The molecule has 0 aliphatic rings. The van der Waals surface area contributed by atoms with Crippen molar-refractivity contribution < 1.29 is 4.79 Å². The number of nitrogens with zero attached hydrogens (tertiary/aromatic N) is 1. The molecular weight excluding hydrogens is 228 g/mol. The van der Waals surface area contributed by atoms with Crippen LogP contribution in [0.3, 0.4) is 0 Å². The van der Waals surface area contributed by atoms with Crippen LogP contribution in [0, 0.1) is 0 Å². The number of rotatable bonds is 4. The Kier molecular flexibility index (Phi) is 3.96. The first-order valence-electron chi connectivity index (χ1n) is 5.95. The number of anilines is 1. The van der Waals surface area contributed by atoms with Crippen molar-refractivity contribution in [3.8, 4) is 11.4 Å². The van der Waals surface area contributed by atoms with Gasteiger partial charge in [-0.05, 0) is 18.6 Å². The highest BCUT2D eigenvalue weighted by molar-refractivity contribution is 5.93. The van der Waals surface area contributed by atoms with Crippen molar-refractivity contribution in [1.29, 1.82) is 0 Å². The SMILES string of the molecule is CCCNC(=O)Nc1ccccc1-c1ncc[nH]1. The number of hydrogen-bond acceptors (Lipinski definition) is 2. The van der Waals surface area contributed by atoms with Crippen molar-refractivity contribution in [2.45, 2.75) is 13.3 Å². The first-order valence-corrected chi connectivity index (χ1v) is 5.95. The van der Waals surface area contributed by atoms with Crippen LogP contribution in [0.4, 0.5) is 10.5 Å². The lowest BCUT2D eigenvalue weighted by molar-refractivity contribution is 0.252. The molecule has 18 heavy (non-hydrogen) atoms. The van der Waals surface area contributed by atoms with E-state index in [2.05, 4.69) is 20.6 Å². The normalized spacial score (nSPS) is 10.1. The number of carbonyl (C=O) groups is 1. The van der Waals surface area contributed by atoms with Gasteiger partial charge in [-0.1, -0.05) is 19.1 Å². The van der Waals surface area contributed by atoms with E-state index < -0.39 is 0 Å². The van der Waals surface area contributed by atoms with Gasteiger partial charge in [-0.25, -0.2) is 9.78 Å². The number of nitrogens with one attached hydrogen (secondary N) is 3. The molecule has 0 aliphatic carbocycles. The molecule has 2 rings (SSSR count). The number of H-pyrrole nitrogens is 1. The minimum absolute atomic E-state index is 0.198. The molecule has 3 N–H and O–H groups in total. The third kappa shape index (κ3) is 2.88. The zero-order chi connectivity index (χ0) is 12.8. The van der Waals surface area contributed by atoms with Crippen LogP contribution in [0.25, 0.3) is 11.4 Å². The molecule has 0 unspecified atom stereocenters. The molecule has 1 aromatic carbocycles. The Morgan fingerprint density at radius 2 is 2.22 bits per heavy atom. The Bertz CT molecular complexity index is 507. The second kappa shape index (κ2) is 5.86. The van der Waals surface area contributed by atoms with Crippen LogP contribution in [0.15, 0.2) is 36.7 Å². The van der Waals surface area contributed by atoms with Crippen molar-refractivity contribution >= 4 is 11.7 Å². The van der Waals surface area contributed by atoms with Gasteiger partial charge in [0.25, 0.3) is 0 Å². The molecule has 5 heteroatoms. The average Bonchev–Trinajstić information content (AvgIpc) is 2.91. The predicted molar refractivity (Wildman–Crippen MR) is 71.3 cm³/mol. The number of imidazole rings is 1. The van der Waals surface area contributed by atoms with E-state index in [4.69, 9.17) is 0 Å². The van der Waals surface area contributed by atoms with Crippen LogP contribution >= 0.6 is 0 Å². The Hall–Kier alpha value is -2.30. The number of amides is 2. The highest BCUT2D eigenvalue weighted by Gasteiger charge is 2.08. The molecule has 0 spiro atoms. The molecule has 2 aromatic rings. The third-order valence-electron chi connectivity index (χ3n) is 2.46. The van der Waals surface area contributed by atoms with E-state index in [9.17, 15) is 4.79 Å². The second-order valence-electron chi connectivity index (χ2n) is 3.86. The Morgan fingerprint density at radius 3 is 2.94 bits per heavy atom. The first-order chi connectivity index (χ1) is 8.81. The third-order valence-corrected chi connectivity index (χ3v) is 2.46.